The second kappa shape index (κ2) is 8.67. The summed E-state index contributed by atoms with van der Waals surface area (Å²) in [5.41, 5.74) is 1.49. The van der Waals surface area contributed by atoms with E-state index in [2.05, 4.69) is 10.4 Å². The number of aliphatic hydroxyl groups excluding tert-OH is 1. The highest BCUT2D eigenvalue weighted by Crippen LogP contribution is 2.20. The maximum Gasteiger partial charge on any atom is 0.271 e. The topological polar surface area (TPSA) is 76.4 Å². The summed E-state index contributed by atoms with van der Waals surface area (Å²) in [5, 5.41) is 17.2. The van der Waals surface area contributed by atoms with Crippen molar-refractivity contribution in [3.63, 3.8) is 0 Å². The van der Waals surface area contributed by atoms with E-state index in [1.165, 1.54) is 16.8 Å². The predicted molar refractivity (Wildman–Crippen MR) is 103 cm³/mol. The average molecular weight is 383 g/mol. The number of halogens is 1. The fourth-order valence-corrected chi connectivity index (χ4v) is 2.65. The van der Waals surface area contributed by atoms with Crippen molar-refractivity contribution >= 4 is 5.91 Å². The number of carbonyl (C=O) groups is 1. The number of nitrogens with one attached hydrogen (secondary N) is 1. The molecule has 28 heavy (non-hydrogen) atoms. The molecule has 0 fully saturated rings. The summed E-state index contributed by atoms with van der Waals surface area (Å²) < 4.78 is 20.1. The zero-order valence-corrected chi connectivity index (χ0v) is 15.7. The van der Waals surface area contributed by atoms with Crippen molar-refractivity contribution in [3.05, 3.63) is 77.9 Å². The Morgan fingerprint density at radius 3 is 2.68 bits per heavy atom. The minimum absolute atomic E-state index is 0.0308. The van der Waals surface area contributed by atoms with Crippen LogP contribution in [0.25, 0.3) is 5.69 Å². The molecule has 7 heteroatoms. The van der Waals surface area contributed by atoms with Gasteiger partial charge in [0.1, 0.15) is 11.6 Å². The smallest absolute Gasteiger partial charge is 0.271 e. The highest BCUT2D eigenvalue weighted by Gasteiger charge is 2.14. The third kappa shape index (κ3) is 4.95. The lowest BCUT2D eigenvalue weighted by atomic mass is 10.1. The Kier molecular flexibility index (Phi) is 6.06. The van der Waals surface area contributed by atoms with E-state index in [1.54, 1.807) is 42.6 Å². The van der Waals surface area contributed by atoms with Gasteiger partial charge in [-0.05, 0) is 61.9 Å². The van der Waals surface area contributed by atoms with Gasteiger partial charge in [-0.1, -0.05) is 12.1 Å². The number of hydrogen-bond acceptors (Lipinski definition) is 4. The van der Waals surface area contributed by atoms with Crippen molar-refractivity contribution in [2.24, 2.45) is 0 Å². The molecule has 3 aromatic rings. The van der Waals surface area contributed by atoms with Gasteiger partial charge in [-0.15, -0.1) is 0 Å². The lowest BCUT2D eigenvalue weighted by Gasteiger charge is -2.14. The molecule has 0 spiro atoms. The lowest BCUT2D eigenvalue weighted by molar-refractivity contribution is 0.0911. The Bertz CT molecular complexity index is 938. The SMILES string of the molecule is CC(C)Oc1cccc(C(O)CNC(=O)c2ccn(-c3ccc(F)cc3)n2)c1. The van der Waals surface area contributed by atoms with E-state index in [1.807, 2.05) is 19.9 Å². The second-order valence-electron chi connectivity index (χ2n) is 6.59. The van der Waals surface area contributed by atoms with Crippen molar-refractivity contribution in [1.29, 1.82) is 0 Å². The third-order valence-electron chi connectivity index (χ3n) is 3.98. The molecule has 1 amide bonds. The highest BCUT2D eigenvalue weighted by molar-refractivity contribution is 5.92. The first-order valence-electron chi connectivity index (χ1n) is 8.97. The maximum atomic E-state index is 13.0. The number of amides is 1. The summed E-state index contributed by atoms with van der Waals surface area (Å²) >= 11 is 0. The van der Waals surface area contributed by atoms with Gasteiger partial charge in [-0.3, -0.25) is 4.79 Å². The van der Waals surface area contributed by atoms with E-state index in [4.69, 9.17) is 4.74 Å². The molecule has 1 atom stereocenters. The number of aromatic nitrogens is 2. The first kappa shape index (κ1) is 19.6. The Morgan fingerprint density at radius 2 is 1.96 bits per heavy atom. The number of rotatable bonds is 7. The minimum atomic E-state index is -0.876. The van der Waals surface area contributed by atoms with E-state index in [-0.39, 0.29) is 24.2 Å². The number of benzene rings is 2. The van der Waals surface area contributed by atoms with Crippen molar-refractivity contribution in [2.45, 2.75) is 26.1 Å². The zero-order chi connectivity index (χ0) is 20.1. The lowest BCUT2D eigenvalue weighted by Crippen LogP contribution is -2.28. The van der Waals surface area contributed by atoms with Crippen LogP contribution in [0, 0.1) is 5.82 Å². The number of hydrogen-bond donors (Lipinski definition) is 2. The second-order valence-corrected chi connectivity index (χ2v) is 6.59. The van der Waals surface area contributed by atoms with E-state index in [0.717, 1.165) is 0 Å². The first-order valence-corrected chi connectivity index (χ1v) is 8.97. The summed E-state index contributed by atoms with van der Waals surface area (Å²) in [5.74, 6) is -0.0869. The summed E-state index contributed by atoms with van der Waals surface area (Å²) in [6.07, 6.45) is 0.771. The van der Waals surface area contributed by atoms with Crippen LogP contribution in [-0.4, -0.2) is 33.4 Å². The van der Waals surface area contributed by atoms with Crippen molar-refractivity contribution in [2.75, 3.05) is 6.54 Å². The van der Waals surface area contributed by atoms with Crippen molar-refractivity contribution < 1.29 is 19.0 Å². The maximum absolute atomic E-state index is 13.0. The number of carbonyl (C=O) groups excluding carboxylic acids is 1. The Labute approximate surface area is 162 Å². The molecule has 0 aliphatic heterocycles. The van der Waals surface area contributed by atoms with Crippen LogP contribution in [0.5, 0.6) is 5.75 Å². The molecule has 1 aromatic heterocycles. The monoisotopic (exact) mass is 383 g/mol. The van der Waals surface area contributed by atoms with Gasteiger partial charge >= 0.3 is 0 Å². The van der Waals surface area contributed by atoms with Crippen LogP contribution in [0.3, 0.4) is 0 Å². The van der Waals surface area contributed by atoms with Crippen LogP contribution in [0.4, 0.5) is 4.39 Å². The molecule has 146 valence electrons. The fraction of sp³-hybridized carbons (Fsp3) is 0.238. The van der Waals surface area contributed by atoms with E-state index < -0.39 is 12.0 Å². The van der Waals surface area contributed by atoms with Gasteiger partial charge in [0.05, 0.1) is 17.9 Å². The summed E-state index contributed by atoms with van der Waals surface area (Å²) in [7, 11) is 0. The molecule has 2 N–H and O–H groups in total. The van der Waals surface area contributed by atoms with Gasteiger partial charge < -0.3 is 15.2 Å². The predicted octanol–water partition coefficient (Wildman–Crippen LogP) is 3.26. The number of aliphatic hydroxyl groups is 1. The minimum Gasteiger partial charge on any atom is -0.491 e. The molecule has 0 saturated heterocycles. The molecule has 1 unspecified atom stereocenters. The van der Waals surface area contributed by atoms with Gasteiger partial charge in [0, 0.05) is 12.7 Å². The van der Waals surface area contributed by atoms with E-state index in [0.29, 0.717) is 17.0 Å². The number of ether oxygens (including phenoxy) is 1. The molecule has 3 rings (SSSR count). The first-order chi connectivity index (χ1) is 13.4. The van der Waals surface area contributed by atoms with Crippen molar-refractivity contribution in [1.82, 2.24) is 15.1 Å². The largest absolute Gasteiger partial charge is 0.491 e. The standard InChI is InChI=1S/C21H22FN3O3/c1-14(2)28-18-5-3-4-15(12-18)20(26)13-23-21(27)19-10-11-25(24-19)17-8-6-16(22)7-9-17/h3-12,14,20,26H,13H2,1-2H3,(H,23,27). The molecule has 0 bridgehead atoms. The molecular weight excluding hydrogens is 361 g/mol. The number of nitrogens with zero attached hydrogens (tertiary/aromatic N) is 2. The fourth-order valence-electron chi connectivity index (χ4n) is 2.65. The average Bonchev–Trinajstić information content (AvgIpc) is 3.16. The van der Waals surface area contributed by atoms with Gasteiger partial charge in [0.15, 0.2) is 5.69 Å². The van der Waals surface area contributed by atoms with Gasteiger partial charge in [0.25, 0.3) is 5.91 Å². The molecule has 0 aliphatic rings. The third-order valence-corrected chi connectivity index (χ3v) is 3.98. The van der Waals surface area contributed by atoms with E-state index in [9.17, 15) is 14.3 Å². The summed E-state index contributed by atoms with van der Waals surface area (Å²) in [4.78, 5) is 12.3. The highest BCUT2D eigenvalue weighted by atomic mass is 19.1. The van der Waals surface area contributed by atoms with Gasteiger partial charge in [0.2, 0.25) is 0 Å². The van der Waals surface area contributed by atoms with Gasteiger partial charge in [-0.2, -0.15) is 5.10 Å². The van der Waals surface area contributed by atoms with Crippen molar-refractivity contribution in [3.8, 4) is 11.4 Å². The van der Waals surface area contributed by atoms with Crippen LogP contribution in [0.2, 0.25) is 0 Å². The Morgan fingerprint density at radius 1 is 1.21 bits per heavy atom. The molecule has 1 heterocycles. The quantitative estimate of drug-likeness (QED) is 0.657. The van der Waals surface area contributed by atoms with Crippen LogP contribution < -0.4 is 10.1 Å². The molecule has 6 nitrogen and oxygen atoms in total. The van der Waals surface area contributed by atoms with Crippen LogP contribution in [0.15, 0.2) is 60.8 Å². The molecule has 0 saturated carbocycles. The van der Waals surface area contributed by atoms with Gasteiger partial charge in [-0.25, -0.2) is 9.07 Å². The Balaban J connectivity index is 1.60. The van der Waals surface area contributed by atoms with E-state index >= 15 is 0 Å². The molecule has 0 aliphatic carbocycles. The Hall–Kier alpha value is -3.19. The molecular formula is C21H22FN3O3. The van der Waals surface area contributed by atoms with Crippen LogP contribution >= 0.6 is 0 Å². The summed E-state index contributed by atoms with van der Waals surface area (Å²) in [6.45, 7) is 3.89. The normalized spacial score (nSPS) is 12.0. The molecule has 0 radical (unpaired) electrons. The van der Waals surface area contributed by atoms with Crippen LogP contribution in [0.1, 0.15) is 36.0 Å². The summed E-state index contributed by atoms with van der Waals surface area (Å²) in [6, 6.07) is 14.5. The van der Waals surface area contributed by atoms with Crippen LogP contribution in [-0.2, 0) is 0 Å². The molecule has 2 aromatic carbocycles. The zero-order valence-electron chi connectivity index (χ0n) is 15.7.